The summed E-state index contributed by atoms with van der Waals surface area (Å²) in [7, 11) is 1.65. The van der Waals surface area contributed by atoms with E-state index in [-0.39, 0.29) is 11.9 Å². The molecule has 0 spiro atoms. The average molecular weight is 313 g/mol. The van der Waals surface area contributed by atoms with Crippen LogP contribution in [-0.2, 0) is 11.3 Å². The number of hydrogen-bond acceptors (Lipinski definition) is 3. The van der Waals surface area contributed by atoms with E-state index in [0.29, 0.717) is 6.54 Å². The molecule has 1 atom stereocenters. The first-order chi connectivity index (χ1) is 8.61. The molecule has 4 nitrogen and oxygen atoms in total. The minimum Gasteiger partial charge on any atom is -0.497 e. The summed E-state index contributed by atoms with van der Waals surface area (Å²) in [6, 6.07) is 5.72. The summed E-state index contributed by atoms with van der Waals surface area (Å²) in [5.74, 6) is 0.592. The van der Waals surface area contributed by atoms with Crippen LogP contribution in [0.1, 0.15) is 18.4 Å². The van der Waals surface area contributed by atoms with Gasteiger partial charge in [-0.25, -0.2) is 0 Å². The Balaban J connectivity index is 2.15. The number of nitrogens with two attached hydrogens (primary N) is 1. The number of primary amides is 1. The third-order valence-electron chi connectivity index (χ3n) is 3.32. The maximum absolute atomic E-state index is 11.4. The lowest BCUT2D eigenvalue weighted by Crippen LogP contribution is -2.39. The number of halogens is 1. The Labute approximate surface area is 115 Å². The number of hydrogen-bond donors (Lipinski definition) is 1. The van der Waals surface area contributed by atoms with E-state index in [1.54, 1.807) is 7.11 Å². The van der Waals surface area contributed by atoms with Gasteiger partial charge in [-0.2, -0.15) is 0 Å². The number of ether oxygens (including phenoxy) is 1. The van der Waals surface area contributed by atoms with E-state index < -0.39 is 0 Å². The van der Waals surface area contributed by atoms with Gasteiger partial charge in [-0.05, 0) is 43.1 Å². The second-order valence-corrected chi connectivity index (χ2v) is 5.34. The number of carbonyl (C=O) groups excluding carboxylic acids is 1. The lowest BCUT2D eigenvalue weighted by molar-refractivity contribution is -0.122. The van der Waals surface area contributed by atoms with E-state index in [1.165, 1.54) is 0 Å². The molecule has 18 heavy (non-hydrogen) atoms. The number of nitrogens with zero attached hydrogens (tertiary/aromatic N) is 1. The minimum atomic E-state index is -0.230. The first-order valence-electron chi connectivity index (χ1n) is 5.97. The molecule has 1 saturated heterocycles. The fourth-order valence-corrected chi connectivity index (χ4v) is 2.73. The number of amides is 1. The quantitative estimate of drug-likeness (QED) is 0.924. The second-order valence-electron chi connectivity index (χ2n) is 4.49. The molecule has 5 heteroatoms. The summed E-state index contributed by atoms with van der Waals surface area (Å²) in [5.41, 5.74) is 6.53. The number of carbonyl (C=O) groups is 1. The number of rotatable bonds is 4. The van der Waals surface area contributed by atoms with Crippen LogP contribution in [0.5, 0.6) is 5.75 Å². The van der Waals surface area contributed by atoms with Gasteiger partial charge in [-0.3, -0.25) is 9.69 Å². The zero-order valence-electron chi connectivity index (χ0n) is 10.4. The van der Waals surface area contributed by atoms with Gasteiger partial charge in [0.15, 0.2) is 0 Å². The molecule has 2 N–H and O–H groups in total. The fourth-order valence-electron chi connectivity index (χ4n) is 2.36. The van der Waals surface area contributed by atoms with Crippen molar-refractivity contribution in [2.45, 2.75) is 25.4 Å². The van der Waals surface area contributed by atoms with Crippen molar-refractivity contribution in [1.82, 2.24) is 4.90 Å². The number of methoxy groups -OCH3 is 1. The summed E-state index contributed by atoms with van der Waals surface area (Å²) < 4.78 is 6.24. The Hall–Kier alpha value is -1.07. The zero-order chi connectivity index (χ0) is 13.1. The number of likely N-dealkylation sites (tertiary alicyclic amines) is 1. The van der Waals surface area contributed by atoms with Crippen molar-refractivity contribution >= 4 is 21.8 Å². The summed E-state index contributed by atoms with van der Waals surface area (Å²) >= 11 is 3.53. The molecule has 98 valence electrons. The first-order valence-corrected chi connectivity index (χ1v) is 6.77. The van der Waals surface area contributed by atoms with Gasteiger partial charge in [0.2, 0.25) is 5.91 Å². The molecule has 0 radical (unpaired) electrons. The molecule has 0 bridgehead atoms. The Kier molecular flexibility index (Phi) is 4.24. The standard InChI is InChI=1S/C13H17BrN2O2/c1-18-10-4-5-11(14)9(7-10)8-16-6-2-3-12(16)13(15)17/h4-5,7,12H,2-3,6,8H2,1H3,(H2,15,17). The Morgan fingerprint density at radius 2 is 2.39 bits per heavy atom. The van der Waals surface area contributed by atoms with Gasteiger partial charge < -0.3 is 10.5 Å². The molecule has 1 unspecified atom stereocenters. The zero-order valence-corrected chi connectivity index (χ0v) is 11.9. The van der Waals surface area contributed by atoms with Crippen molar-refractivity contribution in [2.24, 2.45) is 5.73 Å². The molecular weight excluding hydrogens is 296 g/mol. The molecular formula is C13H17BrN2O2. The highest BCUT2D eigenvalue weighted by Crippen LogP contribution is 2.27. The van der Waals surface area contributed by atoms with Crippen LogP contribution < -0.4 is 10.5 Å². The number of benzene rings is 1. The predicted octanol–water partition coefficient (Wildman–Crippen LogP) is 1.91. The van der Waals surface area contributed by atoms with Crippen LogP contribution in [0.2, 0.25) is 0 Å². The van der Waals surface area contributed by atoms with E-state index in [1.807, 2.05) is 18.2 Å². The fraction of sp³-hybridized carbons (Fsp3) is 0.462. The van der Waals surface area contributed by atoms with E-state index in [9.17, 15) is 4.79 Å². The lowest BCUT2D eigenvalue weighted by atomic mass is 10.1. The topological polar surface area (TPSA) is 55.6 Å². The SMILES string of the molecule is COc1ccc(Br)c(CN2CCCC2C(N)=O)c1. The van der Waals surface area contributed by atoms with E-state index in [4.69, 9.17) is 10.5 Å². The molecule has 0 aliphatic carbocycles. The molecule has 1 fully saturated rings. The monoisotopic (exact) mass is 312 g/mol. The van der Waals surface area contributed by atoms with Crippen molar-refractivity contribution in [1.29, 1.82) is 0 Å². The second kappa shape index (κ2) is 5.71. The van der Waals surface area contributed by atoms with Crippen LogP contribution in [0.3, 0.4) is 0 Å². The van der Waals surface area contributed by atoms with Gasteiger partial charge in [0.05, 0.1) is 13.2 Å². The highest BCUT2D eigenvalue weighted by atomic mass is 79.9. The molecule has 1 aromatic carbocycles. The Morgan fingerprint density at radius 1 is 1.61 bits per heavy atom. The van der Waals surface area contributed by atoms with Crippen LogP contribution in [0.25, 0.3) is 0 Å². The van der Waals surface area contributed by atoms with Gasteiger partial charge in [0.25, 0.3) is 0 Å². The average Bonchev–Trinajstić information content (AvgIpc) is 2.80. The van der Waals surface area contributed by atoms with E-state index in [2.05, 4.69) is 20.8 Å². The molecule has 1 heterocycles. The highest BCUT2D eigenvalue weighted by molar-refractivity contribution is 9.10. The van der Waals surface area contributed by atoms with Crippen LogP contribution >= 0.6 is 15.9 Å². The lowest BCUT2D eigenvalue weighted by Gasteiger charge is -2.22. The van der Waals surface area contributed by atoms with Crippen molar-refractivity contribution in [3.63, 3.8) is 0 Å². The first kappa shape index (κ1) is 13.4. The summed E-state index contributed by atoms with van der Waals surface area (Å²) in [4.78, 5) is 13.5. The van der Waals surface area contributed by atoms with Crippen molar-refractivity contribution < 1.29 is 9.53 Å². The molecule has 1 amide bonds. The van der Waals surface area contributed by atoms with E-state index in [0.717, 1.165) is 35.2 Å². The third-order valence-corrected chi connectivity index (χ3v) is 4.09. The summed E-state index contributed by atoms with van der Waals surface area (Å²) in [5, 5.41) is 0. The van der Waals surface area contributed by atoms with Crippen molar-refractivity contribution in [3.05, 3.63) is 28.2 Å². The molecule has 1 aliphatic heterocycles. The maximum Gasteiger partial charge on any atom is 0.234 e. The van der Waals surface area contributed by atoms with Gasteiger partial charge in [-0.1, -0.05) is 15.9 Å². The van der Waals surface area contributed by atoms with E-state index >= 15 is 0 Å². The van der Waals surface area contributed by atoms with Gasteiger partial charge >= 0.3 is 0 Å². The molecule has 2 rings (SSSR count). The van der Waals surface area contributed by atoms with Crippen LogP contribution in [0.15, 0.2) is 22.7 Å². The maximum atomic E-state index is 11.4. The Morgan fingerprint density at radius 3 is 3.06 bits per heavy atom. The van der Waals surface area contributed by atoms with Crippen LogP contribution in [0, 0.1) is 0 Å². The van der Waals surface area contributed by atoms with Crippen LogP contribution in [-0.4, -0.2) is 30.5 Å². The van der Waals surface area contributed by atoms with Gasteiger partial charge in [0.1, 0.15) is 5.75 Å². The van der Waals surface area contributed by atoms with Gasteiger partial charge in [0, 0.05) is 11.0 Å². The molecule has 1 aromatic rings. The van der Waals surface area contributed by atoms with Gasteiger partial charge in [-0.15, -0.1) is 0 Å². The smallest absolute Gasteiger partial charge is 0.234 e. The van der Waals surface area contributed by atoms with Crippen LogP contribution in [0.4, 0.5) is 0 Å². The summed E-state index contributed by atoms with van der Waals surface area (Å²) in [6.07, 6.45) is 1.88. The van der Waals surface area contributed by atoms with Crippen molar-refractivity contribution in [2.75, 3.05) is 13.7 Å². The molecule has 0 saturated carbocycles. The third kappa shape index (κ3) is 2.84. The Bertz CT molecular complexity index is 451. The molecule has 1 aliphatic rings. The highest BCUT2D eigenvalue weighted by Gasteiger charge is 2.29. The normalized spacial score (nSPS) is 20.0. The van der Waals surface area contributed by atoms with Crippen molar-refractivity contribution in [3.8, 4) is 5.75 Å². The summed E-state index contributed by atoms with van der Waals surface area (Å²) in [6.45, 7) is 1.63. The minimum absolute atomic E-state index is 0.136. The molecule has 0 aromatic heterocycles. The largest absolute Gasteiger partial charge is 0.497 e. The predicted molar refractivity (Wildman–Crippen MR) is 73.3 cm³/mol.